The third-order valence-corrected chi connectivity index (χ3v) is 6.42. The summed E-state index contributed by atoms with van der Waals surface area (Å²) in [7, 11) is 0. The predicted molar refractivity (Wildman–Crippen MR) is 102 cm³/mol. The molecule has 0 amide bonds. The van der Waals surface area contributed by atoms with E-state index in [0.29, 0.717) is 23.9 Å². The topological polar surface area (TPSA) is 66.6 Å². The zero-order valence-corrected chi connectivity index (χ0v) is 16.2. The number of rotatable bonds is 4. The summed E-state index contributed by atoms with van der Waals surface area (Å²) < 4.78 is 36.6. The molecule has 0 spiro atoms. The van der Waals surface area contributed by atoms with E-state index in [0.717, 1.165) is 60.1 Å². The van der Waals surface area contributed by atoms with Crippen LogP contribution >= 0.6 is 0 Å². The second kappa shape index (κ2) is 6.43. The van der Waals surface area contributed by atoms with Gasteiger partial charge in [-0.3, -0.25) is 0 Å². The Balaban J connectivity index is 1.83. The summed E-state index contributed by atoms with van der Waals surface area (Å²) in [4.78, 5) is 2.68. The normalized spacial score (nSPS) is 24.0. The molecule has 4 nitrogen and oxygen atoms in total. The molecule has 3 N–H and O–H groups in total. The van der Waals surface area contributed by atoms with Crippen LogP contribution in [-0.2, 0) is 30.5 Å². The number of fused-ring (bicyclic) bond motifs is 2. The number of nitrogens with zero attached hydrogens (tertiary/aromatic N) is 1. The van der Waals surface area contributed by atoms with Crippen molar-refractivity contribution in [3.63, 3.8) is 0 Å². The minimum atomic E-state index is -2.04. The first-order valence-corrected chi connectivity index (χ1v) is 10.5. The number of hydrogen-bond donors (Lipinski definition) is 2. The maximum atomic E-state index is 14.4. The van der Waals surface area contributed by atoms with E-state index >= 15 is 0 Å². The monoisotopic (exact) mass is 378 g/mol. The van der Waals surface area contributed by atoms with Crippen LogP contribution in [0.5, 0.6) is 0 Å². The molecule has 1 fully saturated rings. The number of nitrogens with two attached hydrogens (primary N) is 1. The van der Waals surface area contributed by atoms with Gasteiger partial charge in [-0.2, -0.15) is 0 Å². The van der Waals surface area contributed by atoms with E-state index in [2.05, 4.69) is 17.0 Å². The summed E-state index contributed by atoms with van der Waals surface area (Å²) in [6.07, 6.45) is 6.61. The highest BCUT2D eigenvalue weighted by Crippen LogP contribution is 2.44. The summed E-state index contributed by atoms with van der Waals surface area (Å²) in [5.74, 6) is 0.454. The first kappa shape index (κ1) is 18.1. The van der Waals surface area contributed by atoms with Gasteiger partial charge in [-0.05, 0) is 80.2 Å². The Morgan fingerprint density at radius 2 is 2.08 bits per heavy atom. The molecule has 2 aliphatic carbocycles. The van der Waals surface area contributed by atoms with Gasteiger partial charge in [0.25, 0.3) is 0 Å². The third kappa shape index (κ3) is 3.47. The molecule has 0 radical (unpaired) electrons. The maximum absolute atomic E-state index is 14.4. The van der Waals surface area contributed by atoms with Gasteiger partial charge in [-0.1, -0.05) is 6.07 Å². The fourth-order valence-electron chi connectivity index (χ4n) is 4.38. The molecule has 3 aliphatic rings. The summed E-state index contributed by atoms with van der Waals surface area (Å²) in [5, 5.41) is 0. The minimum Gasteiger partial charge on any atom is -0.367 e. The van der Waals surface area contributed by atoms with Crippen molar-refractivity contribution in [1.82, 2.24) is 4.90 Å². The van der Waals surface area contributed by atoms with Crippen LogP contribution in [0, 0.1) is 5.92 Å². The minimum absolute atomic E-state index is 0.0996. The van der Waals surface area contributed by atoms with Crippen LogP contribution in [0.4, 0.5) is 4.39 Å². The van der Waals surface area contributed by atoms with Crippen LogP contribution in [0.3, 0.4) is 0 Å². The Bertz CT molecular complexity index is 796. The summed E-state index contributed by atoms with van der Waals surface area (Å²) in [5.41, 5.74) is 9.95. The van der Waals surface area contributed by atoms with Crippen molar-refractivity contribution in [3.8, 4) is 0 Å². The van der Waals surface area contributed by atoms with E-state index in [1.165, 1.54) is 0 Å². The number of benzene rings is 1. The molecule has 2 unspecified atom stereocenters. The lowest BCUT2D eigenvalue weighted by Crippen LogP contribution is -2.37. The van der Waals surface area contributed by atoms with Crippen LogP contribution in [-0.4, -0.2) is 31.9 Å². The molecule has 4 rings (SSSR count). The standard InChI is InChI=1S/C20H27FN2O2S/c1-20(2,21)11-23-10-14-7-13-8-15(22)5-6-16(13)19(26(24)25)17(14)9-18(23)12-3-4-12/h7,9,12,15H,3-6,8,10-11,22H2,1-2H3,(H,24,25). The van der Waals surface area contributed by atoms with E-state index in [4.69, 9.17) is 5.73 Å². The lowest BCUT2D eigenvalue weighted by Gasteiger charge is -2.37. The highest BCUT2D eigenvalue weighted by Gasteiger charge is 2.36. The number of hydrogen-bond acceptors (Lipinski definition) is 3. The van der Waals surface area contributed by atoms with Crippen molar-refractivity contribution in [3.05, 3.63) is 34.0 Å². The highest BCUT2D eigenvalue weighted by atomic mass is 32.2. The Morgan fingerprint density at radius 3 is 2.69 bits per heavy atom. The number of halogens is 1. The molecule has 1 saturated carbocycles. The third-order valence-electron chi connectivity index (χ3n) is 5.60. The van der Waals surface area contributed by atoms with Gasteiger partial charge >= 0.3 is 0 Å². The van der Waals surface area contributed by atoms with Crippen molar-refractivity contribution in [2.24, 2.45) is 11.7 Å². The predicted octanol–water partition coefficient (Wildman–Crippen LogP) is 3.40. The Morgan fingerprint density at radius 1 is 1.35 bits per heavy atom. The number of allylic oxidation sites excluding steroid dienone is 1. The number of alkyl halides is 1. The van der Waals surface area contributed by atoms with Gasteiger partial charge in [0.1, 0.15) is 5.67 Å². The van der Waals surface area contributed by atoms with Gasteiger partial charge < -0.3 is 15.2 Å². The van der Waals surface area contributed by atoms with Crippen molar-refractivity contribution in [1.29, 1.82) is 0 Å². The molecule has 1 aromatic carbocycles. The Hall–Kier alpha value is -1.24. The fraction of sp³-hybridized carbons (Fsp3) is 0.600. The molecule has 26 heavy (non-hydrogen) atoms. The van der Waals surface area contributed by atoms with Crippen molar-refractivity contribution in [2.45, 2.75) is 69.1 Å². The molecule has 1 aromatic rings. The molecular weight excluding hydrogens is 351 g/mol. The maximum Gasteiger partial charge on any atom is 0.187 e. The van der Waals surface area contributed by atoms with Gasteiger partial charge in [0.05, 0.1) is 11.4 Å². The fourth-order valence-corrected chi connectivity index (χ4v) is 5.20. The zero-order chi connectivity index (χ0) is 18.6. The van der Waals surface area contributed by atoms with Gasteiger partial charge in [-0.25, -0.2) is 8.60 Å². The Labute approximate surface area is 156 Å². The van der Waals surface area contributed by atoms with Crippen LogP contribution in [0.25, 0.3) is 6.08 Å². The second-order valence-corrected chi connectivity index (χ2v) is 9.49. The lowest BCUT2D eigenvalue weighted by atomic mass is 9.84. The van der Waals surface area contributed by atoms with E-state index in [1.54, 1.807) is 13.8 Å². The lowest BCUT2D eigenvalue weighted by molar-refractivity contribution is 0.139. The van der Waals surface area contributed by atoms with Gasteiger partial charge in [-0.15, -0.1) is 0 Å². The van der Waals surface area contributed by atoms with Crippen molar-refractivity contribution >= 4 is 17.2 Å². The summed E-state index contributed by atoms with van der Waals surface area (Å²) in [6, 6.07) is 2.24. The van der Waals surface area contributed by atoms with Crippen LogP contribution in [0.2, 0.25) is 0 Å². The molecule has 1 aliphatic heterocycles. The SMILES string of the molecule is CC(C)(F)CN1Cc2cc3c(c(S(=O)O)c2C=C1C1CC1)CCC(N)C3. The molecule has 6 heteroatoms. The average molecular weight is 379 g/mol. The second-order valence-electron chi connectivity index (χ2n) is 8.59. The molecule has 0 aromatic heterocycles. The highest BCUT2D eigenvalue weighted by molar-refractivity contribution is 7.79. The van der Waals surface area contributed by atoms with E-state index in [1.807, 2.05) is 0 Å². The molecule has 0 bridgehead atoms. The smallest absolute Gasteiger partial charge is 0.187 e. The van der Waals surface area contributed by atoms with Crippen LogP contribution in [0.15, 0.2) is 16.7 Å². The first-order valence-electron chi connectivity index (χ1n) is 9.42. The summed E-state index contributed by atoms with van der Waals surface area (Å²) >= 11 is -2.04. The van der Waals surface area contributed by atoms with E-state index in [-0.39, 0.29) is 6.04 Å². The van der Waals surface area contributed by atoms with Crippen LogP contribution < -0.4 is 5.73 Å². The molecular formula is C20H27FN2O2S. The molecule has 2 atom stereocenters. The van der Waals surface area contributed by atoms with Crippen molar-refractivity contribution in [2.75, 3.05) is 6.54 Å². The van der Waals surface area contributed by atoms with E-state index < -0.39 is 16.7 Å². The van der Waals surface area contributed by atoms with Gasteiger partial charge in [0, 0.05) is 18.3 Å². The molecule has 142 valence electrons. The van der Waals surface area contributed by atoms with Crippen LogP contribution in [0.1, 0.15) is 55.4 Å². The average Bonchev–Trinajstić information content (AvgIpc) is 3.34. The first-order chi connectivity index (χ1) is 12.2. The van der Waals surface area contributed by atoms with Gasteiger partial charge in [0.2, 0.25) is 0 Å². The molecule has 0 saturated heterocycles. The molecule has 1 heterocycles. The van der Waals surface area contributed by atoms with Gasteiger partial charge in [0.15, 0.2) is 11.1 Å². The zero-order valence-electron chi connectivity index (χ0n) is 15.4. The van der Waals surface area contributed by atoms with Crippen molar-refractivity contribution < 1.29 is 13.2 Å². The van der Waals surface area contributed by atoms with E-state index in [9.17, 15) is 13.2 Å². The largest absolute Gasteiger partial charge is 0.367 e. The quantitative estimate of drug-likeness (QED) is 0.788. The Kier molecular flexibility index (Phi) is 4.48. The summed E-state index contributed by atoms with van der Waals surface area (Å²) in [6.45, 7) is 4.14.